The number of likely N-dealkylation sites (N-methyl/N-ethyl adjacent to an activating group) is 2. The summed E-state index contributed by atoms with van der Waals surface area (Å²) in [7, 11) is 3.25. The third-order valence-corrected chi connectivity index (χ3v) is 15.4. The first-order valence-electron chi connectivity index (χ1n) is 27.2. The number of aromatic nitrogens is 4. The maximum Gasteiger partial charge on any atom is 0.258 e. The number of amides is 6. The van der Waals surface area contributed by atoms with Crippen LogP contribution in [-0.2, 0) is 32.3 Å². The fraction of sp³-hybridized carbons (Fsp3) is 0.188. The summed E-state index contributed by atoms with van der Waals surface area (Å²) in [6.45, 7) is 2.62. The summed E-state index contributed by atoms with van der Waals surface area (Å²) in [5, 5.41) is 43.1. The fourth-order valence-corrected chi connectivity index (χ4v) is 10.7. The van der Waals surface area contributed by atoms with Crippen molar-refractivity contribution in [2.24, 2.45) is 0 Å². The highest BCUT2D eigenvalue weighted by molar-refractivity contribution is 6.15. The third kappa shape index (κ3) is 11.3. The van der Waals surface area contributed by atoms with Crippen LogP contribution in [-0.4, -0.2) is 106 Å². The van der Waals surface area contributed by atoms with Gasteiger partial charge in [-0.1, -0.05) is 84.9 Å². The van der Waals surface area contributed by atoms with Crippen molar-refractivity contribution in [2.45, 2.75) is 51.1 Å². The molecule has 22 heteroatoms. The zero-order valence-electron chi connectivity index (χ0n) is 47.0. The van der Waals surface area contributed by atoms with Gasteiger partial charge in [0.2, 0.25) is 11.8 Å². The zero-order valence-corrected chi connectivity index (χ0v) is 48.7. The van der Waals surface area contributed by atoms with Gasteiger partial charge in [-0.25, -0.2) is 9.36 Å². The van der Waals surface area contributed by atoms with Crippen molar-refractivity contribution in [3.05, 3.63) is 203 Å². The number of halogens is 2. The first-order valence-corrected chi connectivity index (χ1v) is 27.2. The Morgan fingerprint density at radius 1 is 0.488 bits per heavy atom. The van der Waals surface area contributed by atoms with Gasteiger partial charge in [-0.05, 0) is 113 Å². The molecule has 0 unspecified atom stereocenters. The third-order valence-electron chi connectivity index (χ3n) is 15.4. The van der Waals surface area contributed by atoms with Crippen LogP contribution in [0.2, 0.25) is 0 Å². The number of carbonyl (C=O) groups is 6. The molecule has 0 fully saturated rings. The lowest BCUT2D eigenvalue weighted by atomic mass is 10.1. The van der Waals surface area contributed by atoms with Crippen molar-refractivity contribution in [1.29, 1.82) is 10.5 Å². The van der Waals surface area contributed by atoms with Crippen molar-refractivity contribution >= 4 is 105 Å². The molecule has 434 valence electrons. The Labute approximate surface area is 507 Å². The van der Waals surface area contributed by atoms with Crippen molar-refractivity contribution in [3.63, 3.8) is 0 Å². The number of anilines is 4. The highest BCUT2D eigenvalue weighted by Crippen LogP contribution is 2.39. The molecule has 0 spiro atoms. The van der Waals surface area contributed by atoms with Gasteiger partial charge < -0.3 is 40.9 Å². The summed E-state index contributed by atoms with van der Waals surface area (Å²) in [6, 6.07) is 49.7. The second-order valence-electron chi connectivity index (χ2n) is 20.4. The zero-order chi connectivity index (χ0) is 58.8. The summed E-state index contributed by atoms with van der Waals surface area (Å²) in [4.78, 5) is 93.8. The summed E-state index contributed by atoms with van der Waals surface area (Å²) in [5.41, 5.74) is 6.12. The number of para-hydroxylation sites is 8. The minimum absolute atomic E-state index is 0. The van der Waals surface area contributed by atoms with Crippen LogP contribution in [0.4, 0.5) is 22.7 Å². The molecule has 4 heterocycles. The van der Waals surface area contributed by atoms with E-state index < -0.39 is 59.6 Å². The average molecular weight is 1190 g/mol. The topological polar surface area (TPSA) is 247 Å². The number of hydrogen-bond donors (Lipinski definition) is 4. The van der Waals surface area contributed by atoms with Crippen molar-refractivity contribution in [2.75, 3.05) is 46.8 Å². The van der Waals surface area contributed by atoms with Crippen LogP contribution in [0.25, 0.3) is 33.2 Å². The number of nitrogens with one attached hydrogen (secondary N) is 4. The lowest BCUT2D eigenvalue weighted by molar-refractivity contribution is -0.128. The molecule has 0 radical (unpaired) electrons. The lowest BCUT2D eigenvalue weighted by Gasteiger charge is -2.26. The Hall–Kier alpha value is -10.2. The molecule has 9 aromatic rings. The van der Waals surface area contributed by atoms with E-state index >= 15 is 19.2 Å². The molecule has 4 N–H and O–H groups in total. The van der Waals surface area contributed by atoms with Gasteiger partial charge in [0.1, 0.15) is 24.2 Å². The number of nitriles is 2. The largest absolute Gasteiger partial charge is 0.341 e. The number of carbonyl (C=O) groups excluding carboxylic acids is 6. The van der Waals surface area contributed by atoms with E-state index in [9.17, 15) is 20.1 Å². The first kappa shape index (κ1) is 60.4. The van der Waals surface area contributed by atoms with Gasteiger partial charge in [-0.3, -0.25) is 28.8 Å². The molecular weight excluding hydrogens is 1130 g/mol. The van der Waals surface area contributed by atoms with Gasteiger partial charge in [-0.2, -0.15) is 20.7 Å². The predicted molar refractivity (Wildman–Crippen MR) is 332 cm³/mol. The quantitative estimate of drug-likeness (QED) is 0.0826. The van der Waals surface area contributed by atoms with Gasteiger partial charge in [0.15, 0.2) is 0 Å². The second-order valence-corrected chi connectivity index (χ2v) is 20.4. The standard InChI is InChI=1S/C64H56N14O6.2ClH/c1-39(67-3)59(79)69-49-37-73(55-25-13-15-27-57(55)75(63(49)83)35-47-45-19-7-11-23-53(45)77(71-47)51-21-9-5-17-43(51)33-65)61(81)41-29-31-42(32-30-41)62(82)74-38-50(70-60(80)40(2)68-4)64(84)76(58-28-16-14-26-56(58)74)36-48-46-20-8-12-24-54(46)78(72-48)52-22-10-6-18-44(52)34-66;;/h5-32,39-40,49-50,67-68H,35-38H2,1-4H3,(H,69,79)(H,70,80);2*1H/t39-,40-,49-,50-;;/m0../s1. The molecule has 2 aromatic heterocycles. The highest BCUT2D eigenvalue weighted by atomic mass is 35.5. The molecule has 2 aliphatic rings. The Balaban J connectivity index is 0.00000442. The molecule has 0 aliphatic carbocycles. The summed E-state index contributed by atoms with van der Waals surface area (Å²) in [6.07, 6.45) is 0. The predicted octanol–water partition coefficient (Wildman–Crippen LogP) is 7.52. The van der Waals surface area contributed by atoms with E-state index in [4.69, 9.17) is 10.2 Å². The smallest absolute Gasteiger partial charge is 0.258 e. The van der Waals surface area contributed by atoms with Crippen LogP contribution < -0.4 is 40.9 Å². The van der Waals surface area contributed by atoms with Gasteiger partial charge >= 0.3 is 0 Å². The number of benzene rings is 7. The normalized spacial score (nSPS) is 15.4. The van der Waals surface area contributed by atoms with Crippen LogP contribution in [0, 0.1) is 22.7 Å². The van der Waals surface area contributed by atoms with E-state index in [0.29, 0.717) is 67.7 Å². The Morgan fingerprint density at radius 3 is 1.17 bits per heavy atom. The SMILES string of the molecule is CN[C@@H](C)C(=O)N[C@H]1CN(C(=O)c2ccc(C(=O)N3C[C@H](NC(=O)[C@H](C)NC)C(=O)N(Cc4nn(-c5ccccc5C#N)c5ccccc45)c4ccccc43)cc2)c2ccccc2N(Cc2nn(-c3ccccc3C#N)c3ccccc23)C1=O.Cl.Cl. The van der Waals surface area contributed by atoms with Gasteiger partial charge in [0.25, 0.3) is 23.6 Å². The second kappa shape index (κ2) is 25.7. The monoisotopic (exact) mass is 1190 g/mol. The molecular formula is C64H58Cl2N14O6. The molecule has 4 atom stereocenters. The van der Waals surface area contributed by atoms with Crippen molar-refractivity contribution < 1.29 is 28.8 Å². The molecule has 0 bridgehead atoms. The lowest BCUT2D eigenvalue weighted by Crippen LogP contribution is -2.55. The molecule has 6 amide bonds. The van der Waals surface area contributed by atoms with E-state index in [-0.39, 0.29) is 62.1 Å². The van der Waals surface area contributed by atoms with E-state index in [1.54, 1.807) is 122 Å². The molecule has 2 aliphatic heterocycles. The van der Waals surface area contributed by atoms with Crippen LogP contribution in [0.5, 0.6) is 0 Å². The summed E-state index contributed by atoms with van der Waals surface area (Å²) in [5.74, 6) is -3.01. The van der Waals surface area contributed by atoms with Crippen LogP contribution in [0.3, 0.4) is 0 Å². The molecule has 11 rings (SSSR count). The average Bonchev–Trinajstić information content (AvgIpc) is 1.88. The fourth-order valence-electron chi connectivity index (χ4n) is 10.7. The molecule has 7 aromatic carbocycles. The summed E-state index contributed by atoms with van der Waals surface area (Å²) < 4.78 is 3.35. The highest BCUT2D eigenvalue weighted by Gasteiger charge is 2.41. The van der Waals surface area contributed by atoms with Crippen molar-refractivity contribution in [1.82, 2.24) is 40.8 Å². The minimum atomic E-state index is -1.25. The van der Waals surface area contributed by atoms with Crippen molar-refractivity contribution in [3.8, 4) is 23.5 Å². The van der Waals surface area contributed by atoms with Crippen LogP contribution >= 0.6 is 24.8 Å². The Morgan fingerprint density at radius 2 is 0.814 bits per heavy atom. The first-order chi connectivity index (χ1) is 40.8. The number of hydrogen-bond acceptors (Lipinski definition) is 12. The molecule has 86 heavy (non-hydrogen) atoms. The van der Waals surface area contributed by atoms with Crippen LogP contribution in [0.1, 0.15) is 57.1 Å². The maximum atomic E-state index is 15.2. The molecule has 20 nitrogen and oxygen atoms in total. The molecule has 0 saturated carbocycles. The number of rotatable bonds is 14. The Bertz CT molecular complexity index is 3930. The van der Waals surface area contributed by atoms with Gasteiger partial charge in [0.05, 0.1) is 106 Å². The van der Waals surface area contributed by atoms with E-state index in [1.807, 2.05) is 60.7 Å². The summed E-state index contributed by atoms with van der Waals surface area (Å²) >= 11 is 0. The van der Waals surface area contributed by atoms with E-state index in [1.165, 1.54) is 43.9 Å². The van der Waals surface area contributed by atoms with E-state index in [2.05, 4.69) is 33.4 Å². The molecule has 0 saturated heterocycles. The number of nitrogens with zero attached hydrogens (tertiary/aromatic N) is 10. The Kier molecular flexibility index (Phi) is 18.1. The van der Waals surface area contributed by atoms with E-state index in [0.717, 1.165) is 10.8 Å². The maximum absolute atomic E-state index is 15.2. The minimum Gasteiger partial charge on any atom is -0.341 e. The van der Waals surface area contributed by atoms with Crippen LogP contribution in [0.15, 0.2) is 170 Å². The number of fused-ring (bicyclic) bond motifs is 4. The van der Waals surface area contributed by atoms with Gasteiger partial charge in [-0.15, -0.1) is 24.8 Å². The van der Waals surface area contributed by atoms with Gasteiger partial charge in [0, 0.05) is 21.9 Å².